The number of hydrogen-bond donors (Lipinski definition) is 5. The third-order valence-corrected chi connectivity index (χ3v) is 6.84. The number of carboxylic acids is 1. The molecule has 11 nitrogen and oxygen atoms in total. The van der Waals surface area contributed by atoms with Crippen LogP contribution in [0.4, 0.5) is 0 Å². The van der Waals surface area contributed by atoms with Gasteiger partial charge >= 0.3 is 5.97 Å². The minimum Gasteiger partial charge on any atom is -0.480 e. The van der Waals surface area contributed by atoms with E-state index in [0.717, 1.165) is 5.56 Å². The van der Waals surface area contributed by atoms with Crippen molar-refractivity contribution in [2.24, 2.45) is 11.7 Å². The van der Waals surface area contributed by atoms with Crippen molar-refractivity contribution in [2.45, 2.75) is 70.1 Å². The van der Waals surface area contributed by atoms with E-state index in [0.29, 0.717) is 31.5 Å². The normalized spacial score (nSPS) is 18.5. The van der Waals surface area contributed by atoms with E-state index in [1.807, 2.05) is 44.2 Å². The Bertz CT molecular complexity index is 1060. The maximum absolute atomic E-state index is 13.5. The molecule has 5 unspecified atom stereocenters. The second-order valence-corrected chi connectivity index (χ2v) is 9.54. The first-order valence-corrected chi connectivity index (χ1v) is 12.6. The number of aromatic amines is 1. The van der Waals surface area contributed by atoms with Gasteiger partial charge in [-0.15, -0.1) is 0 Å². The molecule has 1 aromatic carbocycles. The minimum absolute atomic E-state index is 0.193. The molecule has 2 aromatic rings. The number of hydrogen-bond acceptors (Lipinski definition) is 6. The number of imidazole rings is 1. The number of carbonyl (C=O) groups is 4. The highest BCUT2D eigenvalue weighted by molar-refractivity contribution is 5.94. The van der Waals surface area contributed by atoms with E-state index in [4.69, 9.17) is 5.73 Å². The smallest absolute Gasteiger partial charge is 0.326 e. The highest BCUT2D eigenvalue weighted by Gasteiger charge is 2.40. The summed E-state index contributed by atoms with van der Waals surface area (Å²) in [4.78, 5) is 59.7. The Morgan fingerprint density at radius 3 is 2.51 bits per heavy atom. The highest BCUT2D eigenvalue weighted by Crippen LogP contribution is 2.21. The minimum atomic E-state index is -1.06. The summed E-state index contributed by atoms with van der Waals surface area (Å²) in [5.74, 6) is -2.77. The Labute approximate surface area is 216 Å². The van der Waals surface area contributed by atoms with Crippen molar-refractivity contribution in [3.8, 4) is 0 Å². The molecule has 3 amide bonds. The predicted octanol–water partition coefficient (Wildman–Crippen LogP) is 0.614. The number of amides is 3. The zero-order valence-corrected chi connectivity index (χ0v) is 21.2. The number of aromatic nitrogens is 2. The molecule has 1 saturated heterocycles. The third-order valence-electron chi connectivity index (χ3n) is 6.84. The first-order chi connectivity index (χ1) is 17.7. The number of H-pyrrole nitrogens is 1. The van der Waals surface area contributed by atoms with Crippen molar-refractivity contribution in [1.82, 2.24) is 25.5 Å². The molecule has 6 N–H and O–H groups in total. The summed E-state index contributed by atoms with van der Waals surface area (Å²) in [5.41, 5.74) is 7.60. The molecule has 0 radical (unpaired) electrons. The van der Waals surface area contributed by atoms with Crippen LogP contribution in [0.1, 0.15) is 44.4 Å². The molecule has 1 aliphatic rings. The number of rotatable bonds is 12. The van der Waals surface area contributed by atoms with Crippen LogP contribution in [0.15, 0.2) is 42.9 Å². The van der Waals surface area contributed by atoms with Crippen LogP contribution < -0.4 is 16.4 Å². The van der Waals surface area contributed by atoms with Gasteiger partial charge in [-0.25, -0.2) is 9.78 Å². The SMILES string of the molecule is CCC(C)C(NC(=O)C(Cc1ccccc1)NC(=O)C(N)Cc1cnc[nH]1)C(=O)N1CCCC1C(=O)O. The van der Waals surface area contributed by atoms with Crippen LogP contribution in [0.5, 0.6) is 0 Å². The lowest BCUT2D eigenvalue weighted by molar-refractivity contribution is -0.150. The Kier molecular flexibility index (Phi) is 9.78. The van der Waals surface area contributed by atoms with Crippen LogP contribution in [0.3, 0.4) is 0 Å². The number of likely N-dealkylation sites (tertiary alicyclic amines) is 1. The Morgan fingerprint density at radius 2 is 1.89 bits per heavy atom. The van der Waals surface area contributed by atoms with Gasteiger partial charge in [0.1, 0.15) is 18.1 Å². The monoisotopic (exact) mass is 512 g/mol. The fourth-order valence-corrected chi connectivity index (χ4v) is 4.47. The van der Waals surface area contributed by atoms with Gasteiger partial charge in [0.05, 0.1) is 12.4 Å². The van der Waals surface area contributed by atoms with E-state index in [1.165, 1.54) is 11.2 Å². The summed E-state index contributed by atoms with van der Waals surface area (Å²) in [5, 5.41) is 15.1. The Balaban J connectivity index is 1.78. The van der Waals surface area contributed by atoms with Gasteiger partial charge in [0, 0.05) is 31.3 Å². The van der Waals surface area contributed by atoms with Gasteiger partial charge in [-0.1, -0.05) is 50.6 Å². The van der Waals surface area contributed by atoms with Crippen molar-refractivity contribution >= 4 is 23.7 Å². The number of benzene rings is 1. The standard InChI is InChI=1S/C26H36N6O5/c1-3-16(2)22(25(35)32-11-7-10-21(32)26(36)37)31-24(34)20(12-17-8-5-4-6-9-17)30-23(33)19(27)13-18-14-28-15-29-18/h4-6,8-9,14-16,19-22H,3,7,10-13,27H2,1-2H3,(H,28,29)(H,30,33)(H,31,34)(H,36,37). The molecule has 5 atom stereocenters. The summed E-state index contributed by atoms with van der Waals surface area (Å²) >= 11 is 0. The fraction of sp³-hybridized carbons (Fsp3) is 0.500. The van der Waals surface area contributed by atoms with Crippen LogP contribution in [0, 0.1) is 5.92 Å². The zero-order chi connectivity index (χ0) is 26.9. The lowest BCUT2D eigenvalue weighted by Crippen LogP contribution is -2.59. The molecule has 37 heavy (non-hydrogen) atoms. The van der Waals surface area contributed by atoms with Crippen LogP contribution >= 0.6 is 0 Å². The summed E-state index contributed by atoms with van der Waals surface area (Å²) < 4.78 is 0. The maximum Gasteiger partial charge on any atom is 0.326 e. The number of nitrogens with one attached hydrogen (secondary N) is 3. The molecule has 1 aromatic heterocycles. The molecule has 0 bridgehead atoms. The van der Waals surface area contributed by atoms with Gasteiger partial charge in [0.15, 0.2) is 0 Å². The lowest BCUT2D eigenvalue weighted by Gasteiger charge is -2.31. The van der Waals surface area contributed by atoms with Crippen LogP contribution in [0.2, 0.25) is 0 Å². The zero-order valence-electron chi connectivity index (χ0n) is 21.2. The summed E-state index contributed by atoms with van der Waals surface area (Å²) in [7, 11) is 0. The molecule has 1 fully saturated rings. The summed E-state index contributed by atoms with van der Waals surface area (Å²) in [6.45, 7) is 4.05. The van der Waals surface area contributed by atoms with Gasteiger partial charge in [-0.2, -0.15) is 0 Å². The van der Waals surface area contributed by atoms with Gasteiger partial charge in [0.25, 0.3) is 0 Å². The summed E-state index contributed by atoms with van der Waals surface area (Å²) in [6, 6.07) is 5.47. The molecule has 2 heterocycles. The number of carboxylic acid groups (broad SMARTS) is 1. The van der Waals surface area contributed by atoms with E-state index >= 15 is 0 Å². The van der Waals surface area contributed by atoms with E-state index < -0.39 is 47.9 Å². The molecule has 0 saturated carbocycles. The van der Waals surface area contributed by atoms with Gasteiger partial charge in [0.2, 0.25) is 17.7 Å². The van der Waals surface area contributed by atoms with E-state index in [1.54, 1.807) is 6.20 Å². The first kappa shape index (κ1) is 27.9. The second-order valence-electron chi connectivity index (χ2n) is 9.54. The van der Waals surface area contributed by atoms with Gasteiger partial charge in [-0.3, -0.25) is 14.4 Å². The Hall–Kier alpha value is -3.73. The average Bonchev–Trinajstić information content (AvgIpc) is 3.59. The topological polar surface area (TPSA) is 171 Å². The van der Waals surface area contributed by atoms with Crippen molar-refractivity contribution in [3.05, 3.63) is 54.1 Å². The lowest BCUT2D eigenvalue weighted by atomic mass is 9.96. The van der Waals surface area contributed by atoms with Crippen LogP contribution in [0.25, 0.3) is 0 Å². The molecular weight excluding hydrogens is 476 g/mol. The first-order valence-electron chi connectivity index (χ1n) is 12.6. The fourth-order valence-electron chi connectivity index (χ4n) is 4.47. The van der Waals surface area contributed by atoms with Crippen molar-refractivity contribution in [2.75, 3.05) is 6.54 Å². The molecular formula is C26H36N6O5. The van der Waals surface area contributed by atoms with Crippen molar-refractivity contribution in [1.29, 1.82) is 0 Å². The van der Waals surface area contributed by atoms with Crippen molar-refractivity contribution < 1.29 is 24.3 Å². The predicted molar refractivity (Wildman–Crippen MR) is 136 cm³/mol. The largest absolute Gasteiger partial charge is 0.480 e. The van der Waals surface area contributed by atoms with Crippen LogP contribution in [-0.4, -0.2) is 74.4 Å². The third kappa shape index (κ3) is 7.39. The average molecular weight is 513 g/mol. The number of aliphatic carboxylic acids is 1. The van der Waals surface area contributed by atoms with E-state index in [9.17, 15) is 24.3 Å². The van der Waals surface area contributed by atoms with E-state index in [2.05, 4.69) is 20.6 Å². The molecule has 3 rings (SSSR count). The number of carbonyl (C=O) groups excluding carboxylic acids is 3. The van der Waals surface area contributed by atoms with Crippen molar-refractivity contribution in [3.63, 3.8) is 0 Å². The Morgan fingerprint density at radius 1 is 1.16 bits per heavy atom. The molecule has 0 aliphatic carbocycles. The van der Waals surface area contributed by atoms with Gasteiger partial charge in [-0.05, 0) is 24.3 Å². The molecule has 200 valence electrons. The maximum atomic E-state index is 13.5. The van der Waals surface area contributed by atoms with Crippen LogP contribution in [-0.2, 0) is 32.0 Å². The molecule has 1 aliphatic heterocycles. The molecule has 0 spiro atoms. The van der Waals surface area contributed by atoms with E-state index in [-0.39, 0.29) is 18.8 Å². The highest BCUT2D eigenvalue weighted by atomic mass is 16.4. The quantitative estimate of drug-likeness (QED) is 0.277. The second kappa shape index (κ2) is 13.0. The number of nitrogens with zero attached hydrogens (tertiary/aromatic N) is 2. The summed E-state index contributed by atoms with van der Waals surface area (Å²) in [6.07, 6.45) is 5.03. The molecule has 11 heteroatoms. The van der Waals surface area contributed by atoms with Gasteiger partial charge < -0.3 is 31.4 Å². The number of nitrogens with two attached hydrogens (primary N) is 1.